The number of rotatable bonds is 1. The number of hydrogen-bond acceptors (Lipinski definition) is 3. The van der Waals surface area contributed by atoms with Gasteiger partial charge in [-0.3, -0.25) is 4.90 Å². The lowest BCUT2D eigenvalue weighted by Gasteiger charge is -2.40. The Morgan fingerprint density at radius 3 is 2.88 bits per heavy atom. The number of likely N-dealkylation sites (tertiary alicyclic amines) is 1. The number of nitrogens with one attached hydrogen (secondary N) is 1. The van der Waals surface area contributed by atoms with Gasteiger partial charge in [-0.15, -0.1) is 0 Å². The Hall–Kier alpha value is -0.120. The molecule has 0 saturated carbocycles. The zero-order valence-electron chi connectivity index (χ0n) is 11.2. The lowest BCUT2D eigenvalue weighted by atomic mass is 9.84. The highest BCUT2D eigenvalue weighted by molar-refractivity contribution is 5.06. The van der Waals surface area contributed by atoms with Crippen molar-refractivity contribution in [3.05, 3.63) is 0 Å². The summed E-state index contributed by atoms with van der Waals surface area (Å²) in [6.45, 7) is 10.6. The average Bonchev–Trinajstić information content (AvgIpc) is 2.73. The van der Waals surface area contributed by atoms with Gasteiger partial charge >= 0.3 is 0 Å². The molecule has 0 amide bonds. The molecule has 0 aliphatic carbocycles. The first-order valence-corrected chi connectivity index (χ1v) is 7.25. The lowest BCUT2D eigenvalue weighted by molar-refractivity contribution is 0.0733. The Kier molecular flexibility index (Phi) is 3.18. The number of ether oxygens (including phenoxy) is 1. The Labute approximate surface area is 105 Å². The normalized spacial score (nSPS) is 42.4. The molecular formula is C14H26N2O. The van der Waals surface area contributed by atoms with Crippen molar-refractivity contribution in [2.24, 2.45) is 11.8 Å². The van der Waals surface area contributed by atoms with Crippen LogP contribution in [-0.4, -0.2) is 49.3 Å². The zero-order chi connectivity index (χ0) is 11.9. The van der Waals surface area contributed by atoms with E-state index >= 15 is 0 Å². The summed E-state index contributed by atoms with van der Waals surface area (Å²) in [5, 5.41) is 3.56. The summed E-state index contributed by atoms with van der Waals surface area (Å²) in [7, 11) is 0. The van der Waals surface area contributed by atoms with Crippen LogP contribution < -0.4 is 5.32 Å². The van der Waals surface area contributed by atoms with Crippen molar-refractivity contribution in [3.8, 4) is 0 Å². The van der Waals surface area contributed by atoms with Crippen LogP contribution in [0, 0.1) is 11.8 Å². The SMILES string of the molecule is CC1(C)C2CNCC2CN1C1CCCOCC1. The van der Waals surface area contributed by atoms with E-state index in [-0.39, 0.29) is 0 Å². The maximum Gasteiger partial charge on any atom is 0.0480 e. The van der Waals surface area contributed by atoms with Crippen LogP contribution in [0.1, 0.15) is 33.1 Å². The van der Waals surface area contributed by atoms with Crippen LogP contribution in [-0.2, 0) is 4.74 Å². The summed E-state index contributed by atoms with van der Waals surface area (Å²) in [5.74, 6) is 1.74. The standard InChI is InChI=1S/C14H26N2O/c1-14(2)13-9-15-8-11(13)10-16(14)12-4-3-6-17-7-5-12/h11-13,15H,3-10H2,1-2H3. The highest BCUT2D eigenvalue weighted by Crippen LogP contribution is 2.43. The molecule has 17 heavy (non-hydrogen) atoms. The molecule has 3 heterocycles. The lowest BCUT2D eigenvalue weighted by Crippen LogP contribution is -2.49. The van der Waals surface area contributed by atoms with Crippen LogP contribution in [0.4, 0.5) is 0 Å². The van der Waals surface area contributed by atoms with E-state index in [0.29, 0.717) is 5.54 Å². The monoisotopic (exact) mass is 238 g/mol. The largest absolute Gasteiger partial charge is 0.381 e. The van der Waals surface area contributed by atoms with Crippen molar-refractivity contribution in [3.63, 3.8) is 0 Å². The van der Waals surface area contributed by atoms with E-state index in [1.807, 2.05) is 0 Å². The Morgan fingerprint density at radius 1 is 1.18 bits per heavy atom. The molecule has 3 nitrogen and oxygen atoms in total. The molecule has 3 atom stereocenters. The molecule has 3 aliphatic rings. The number of hydrogen-bond donors (Lipinski definition) is 1. The van der Waals surface area contributed by atoms with E-state index in [9.17, 15) is 0 Å². The van der Waals surface area contributed by atoms with Gasteiger partial charge in [-0.1, -0.05) is 0 Å². The molecule has 0 radical (unpaired) electrons. The predicted octanol–water partition coefficient (Wildman–Crippen LogP) is 1.49. The van der Waals surface area contributed by atoms with Crippen molar-refractivity contribution in [1.29, 1.82) is 0 Å². The smallest absolute Gasteiger partial charge is 0.0480 e. The molecule has 0 aromatic heterocycles. The van der Waals surface area contributed by atoms with Crippen LogP contribution in [0.5, 0.6) is 0 Å². The van der Waals surface area contributed by atoms with Gasteiger partial charge in [0.2, 0.25) is 0 Å². The fourth-order valence-electron chi connectivity index (χ4n) is 4.27. The van der Waals surface area contributed by atoms with Gasteiger partial charge in [-0.25, -0.2) is 0 Å². The summed E-state index contributed by atoms with van der Waals surface area (Å²) < 4.78 is 5.61. The predicted molar refractivity (Wildman–Crippen MR) is 69.1 cm³/mol. The molecule has 1 N–H and O–H groups in total. The van der Waals surface area contributed by atoms with Crippen LogP contribution in [0.15, 0.2) is 0 Å². The molecule has 0 aromatic carbocycles. The molecule has 0 aromatic rings. The van der Waals surface area contributed by atoms with Gasteiger partial charge in [0.15, 0.2) is 0 Å². The van der Waals surface area contributed by atoms with Gasteiger partial charge in [-0.2, -0.15) is 0 Å². The van der Waals surface area contributed by atoms with Crippen molar-refractivity contribution in [1.82, 2.24) is 10.2 Å². The summed E-state index contributed by atoms with van der Waals surface area (Å²) in [4.78, 5) is 2.80. The van der Waals surface area contributed by atoms with E-state index in [2.05, 4.69) is 24.1 Å². The van der Waals surface area contributed by atoms with Crippen LogP contribution in [0.2, 0.25) is 0 Å². The fraction of sp³-hybridized carbons (Fsp3) is 1.00. The minimum atomic E-state index is 0.378. The topological polar surface area (TPSA) is 24.5 Å². The molecule has 3 heteroatoms. The fourth-order valence-corrected chi connectivity index (χ4v) is 4.27. The van der Waals surface area contributed by atoms with E-state index in [4.69, 9.17) is 4.74 Å². The van der Waals surface area contributed by atoms with Gasteiger partial charge in [0.1, 0.15) is 0 Å². The maximum atomic E-state index is 5.61. The Morgan fingerprint density at radius 2 is 2.06 bits per heavy atom. The quantitative estimate of drug-likeness (QED) is 0.749. The van der Waals surface area contributed by atoms with Gasteiger partial charge in [0.05, 0.1) is 0 Å². The van der Waals surface area contributed by atoms with Crippen LogP contribution in [0.3, 0.4) is 0 Å². The summed E-state index contributed by atoms with van der Waals surface area (Å²) in [6, 6.07) is 0.762. The van der Waals surface area contributed by atoms with Gasteiger partial charge in [0, 0.05) is 37.9 Å². The molecule has 3 unspecified atom stereocenters. The highest BCUT2D eigenvalue weighted by Gasteiger charge is 2.51. The molecule has 3 saturated heterocycles. The van der Waals surface area contributed by atoms with Crippen LogP contribution >= 0.6 is 0 Å². The molecular weight excluding hydrogens is 212 g/mol. The summed E-state index contributed by atoms with van der Waals surface area (Å²) in [5.41, 5.74) is 0.378. The van der Waals surface area contributed by atoms with E-state index in [1.165, 1.54) is 38.9 Å². The second kappa shape index (κ2) is 4.52. The first-order chi connectivity index (χ1) is 8.19. The van der Waals surface area contributed by atoms with Crippen molar-refractivity contribution in [2.45, 2.75) is 44.7 Å². The first-order valence-electron chi connectivity index (χ1n) is 7.25. The first kappa shape index (κ1) is 11.9. The van der Waals surface area contributed by atoms with Gasteiger partial charge in [-0.05, 0) is 51.5 Å². The minimum absolute atomic E-state index is 0.378. The van der Waals surface area contributed by atoms with E-state index < -0.39 is 0 Å². The second-order valence-corrected chi connectivity index (χ2v) is 6.53. The van der Waals surface area contributed by atoms with Gasteiger partial charge in [0.25, 0.3) is 0 Å². The van der Waals surface area contributed by atoms with Crippen LogP contribution in [0.25, 0.3) is 0 Å². The summed E-state index contributed by atoms with van der Waals surface area (Å²) >= 11 is 0. The third-order valence-electron chi connectivity index (χ3n) is 5.28. The zero-order valence-corrected chi connectivity index (χ0v) is 11.2. The molecule has 3 aliphatic heterocycles. The van der Waals surface area contributed by atoms with Crippen molar-refractivity contribution in [2.75, 3.05) is 32.8 Å². The highest BCUT2D eigenvalue weighted by atomic mass is 16.5. The Bertz CT molecular complexity index is 271. The maximum absolute atomic E-state index is 5.61. The van der Waals surface area contributed by atoms with Gasteiger partial charge < -0.3 is 10.1 Å². The second-order valence-electron chi connectivity index (χ2n) is 6.53. The van der Waals surface area contributed by atoms with Crippen molar-refractivity contribution >= 4 is 0 Å². The summed E-state index contributed by atoms with van der Waals surface area (Å²) in [6.07, 6.45) is 3.80. The third-order valence-corrected chi connectivity index (χ3v) is 5.28. The molecule has 0 bridgehead atoms. The molecule has 3 fully saturated rings. The Balaban J connectivity index is 1.74. The van der Waals surface area contributed by atoms with E-state index in [0.717, 1.165) is 31.1 Å². The molecule has 0 spiro atoms. The number of nitrogens with zero attached hydrogens (tertiary/aromatic N) is 1. The molecule has 3 rings (SSSR count). The molecule has 98 valence electrons. The van der Waals surface area contributed by atoms with Crippen molar-refractivity contribution < 1.29 is 4.74 Å². The number of fused-ring (bicyclic) bond motifs is 1. The average molecular weight is 238 g/mol. The third kappa shape index (κ3) is 2.02. The van der Waals surface area contributed by atoms with E-state index in [1.54, 1.807) is 0 Å². The minimum Gasteiger partial charge on any atom is -0.381 e.